The molecule has 0 aromatic heterocycles. The average molecular weight is 341 g/mol. The number of carbonyl (C=O) groups excluding carboxylic acids is 2. The second-order valence-electron chi connectivity index (χ2n) is 5.26. The first-order valence-corrected chi connectivity index (χ1v) is 8.48. The van der Waals surface area contributed by atoms with Crippen LogP contribution in [0.1, 0.15) is 23.2 Å². The van der Waals surface area contributed by atoms with Crippen molar-refractivity contribution in [1.29, 1.82) is 0 Å². The van der Waals surface area contributed by atoms with Crippen molar-refractivity contribution in [2.24, 2.45) is 5.92 Å². The number of amides is 1. The second-order valence-corrected chi connectivity index (χ2v) is 7.66. The molecule has 1 N–H and O–H groups in total. The van der Waals surface area contributed by atoms with Crippen LogP contribution in [0.3, 0.4) is 0 Å². The molecule has 0 saturated heterocycles. The third-order valence-corrected chi connectivity index (χ3v) is 4.34. The van der Waals surface area contributed by atoms with E-state index in [2.05, 4.69) is 5.32 Å². The van der Waals surface area contributed by atoms with E-state index in [1.165, 1.54) is 7.85 Å². The molecule has 0 atom stereocenters. The van der Waals surface area contributed by atoms with Crippen molar-refractivity contribution in [3.63, 3.8) is 0 Å². The molecule has 1 aromatic carbocycles. The van der Waals surface area contributed by atoms with Gasteiger partial charge < -0.3 is 5.32 Å². The first kappa shape index (κ1) is 16.8. The Morgan fingerprint density at radius 1 is 1.14 bits per heavy atom. The van der Waals surface area contributed by atoms with E-state index in [1.54, 1.807) is 0 Å². The SMILES string of the molecule is BCC(=O)c1cc(NC(=O)C2CC2)cc(S(F)(F)(F)(F)F)c1. The zero-order valence-electron chi connectivity index (χ0n) is 11.5. The third-order valence-electron chi connectivity index (χ3n) is 3.21. The lowest BCUT2D eigenvalue weighted by molar-refractivity contribution is -0.117. The number of ketones is 1. The van der Waals surface area contributed by atoms with E-state index >= 15 is 0 Å². The number of carbonyl (C=O) groups is 2. The summed E-state index contributed by atoms with van der Waals surface area (Å²) in [5.41, 5.74) is -0.946. The summed E-state index contributed by atoms with van der Waals surface area (Å²) in [5, 5.41) is 2.16. The fraction of sp³-hybridized carbons (Fsp3) is 0.333. The third kappa shape index (κ3) is 3.99. The van der Waals surface area contributed by atoms with Crippen LogP contribution in [0.5, 0.6) is 0 Å². The molecule has 3 nitrogen and oxygen atoms in total. The molecule has 10 heteroatoms. The van der Waals surface area contributed by atoms with Crippen LogP contribution in [-0.2, 0) is 4.79 Å². The van der Waals surface area contributed by atoms with E-state index in [0.717, 1.165) is 6.07 Å². The van der Waals surface area contributed by atoms with Gasteiger partial charge in [0.2, 0.25) is 5.91 Å². The number of rotatable bonds is 5. The highest BCUT2D eigenvalue weighted by Gasteiger charge is 2.65. The molecule has 1 aliphatic carbocycles. The number of anilines is 1. The summed E-state index contributed by atoms with van der Waals surface area (Å²) < 4.78 is 64.8. The quantitative estimate of drug-likeness (QED) is 0.501. The highest BCUT2D eigenvalue weighted by Crippen LogP contribution is 3.02. The van der Waals surface area contributed by atoms with E-state index in [0.29, 0.717) is 12.8 Å². The van der Waals surface area contributed by atoms with E-state index in [9.17, 15) is 29.0 Å². The first-order chi connectivity index (χ1) is 9.80. The van der Waals surface area contributed by atoms with Crippen molar-refractivity contribution in [1.82, 2.24) is 0 Å². The van der Waals surface area contributed by atoms with Gasteiger partial charge >= 0.3 is 10.2 Å². The predicted molar refractivity (Wildman–Crippen MR) is 76.9 cm³/mol. The molecule has 122 valence electrons. The molecule has 0 heterocycles. The minimum atomic E-state index is -9.94. The van der Waals surface area contributed by atoms with Crippen LogP contribution in [-0.4, -0.2) is 19.5 Å². The van der Waals surface area contributed by atoms with E-state index < -0.39 is 38.1 Å². The van der Waals surface area contributed by atoms with Gasteiger partial charge in [-0.05, 0) is 37.4 Å². The maximum absolute atomic E-state index is 13.0. The molecular formula is C12H13BF5NO2S. The predicted octanol–water partition coefficient (Wildman–Crippen LogP) is 3.93. The van der Waals surface area contributed by atoms with Crippen molar-refractivity contribution in [2.75, 3.05) is 5.32 Å². The van der Waals surface area contributed by atoms with Gasteiger partial charge in [-0.3, -0.25) is 9.59 Å². The van der Waals surface area contributed by atoms with Crippen molar-refractivity contribution in [3.05, 3.63) is 23.8 Å². The molecule has 22 heavy (non-hydrogen) atoms. The summed E-state index contributed by atoms with van der Waals surface area (Å²) in [7, 11) is -8.54. The van der Waals surface area contributed by atoms with E-state index in [1.807, 2.05) is 0 Å². The first-order valence-electron chi connectivity index (χ1n) is 6.53. The van der Waals surface area contributed by atoms with Crippen molar-refractivity contribution in [2.45, 2.75) is 24.1 Å². The minimum Gasteiger partial charge on any atom is -0.326 e. The normalized spacial score (nSPS) is 18.2. The van der Waals surface area contributed by atoms with Crippen LogP contribution in [0, 0.1) is 5.92 Å². The molecule has 1 fully saturated rings. The number of benzene rings is 1. The van der Waals surface area contributed by atoms with Gasteiger partial charge in [-0.25, -0.2) is 0 Å². The molecule has 0 spiro atoms. The fourth-order valence-corrected chi connectivity index (χ4v) is 2.55. The number of hydrogen-bond donors (Lipinski definition) is 1. The highest BCUT2D eigenvalue weighted by molar-refractivity contribution is 8.45. The molecule has 2 rings (SSSR count). The van der Waals surface area contributed by atoms with Crippen LogP contribution in [0.2, 0.25) is 6.32 Å². The maximum Gasteiger partial charge on any atom is 0.310 e. The molecule has 1 amide bonds. The highest BCUT2D eigenvalue weighted by atomic mass is 32.5. The molecule has 0 unspecified atom stereocenters. The van der Waals surface area contributed by atoms with Crippen LogP contribution < -0.4 is 5.32 Å². The molecule has 1 aliphatic rings. The van der Waals surface area contributed by atoms with Gasteiger partial charge in [0.05, 0.1) is 0 Å². The van der Waals surface area contributed by atoms with Crippen molar-refractivity contribution >= 4 is 35.4 Å². The summed E-state index contributed by atoms with van der Waals surface area (Å²) >= 11 is 0. The Bertz CT molecular complexity index is 657. The summed E-state index contributed by atoms with van der Waals surface area (Å²) in [5.74, 6) is -1.56. The Hall–Kier alpha value is -1.58. The number of Topliss-reactive ketones (excluding diaryl/α,β-unsaturated/α-hetero) is 1. The minimum absolute atomic E-state index is 0.139. The maximum atomic E-state index is 13.0. The Morgan fingerprint density at radius 2 is 1.73 bits per heavy atom. The zero-order valence-corrected chi connectivity index (χ0v) is 12.4. The summed E-state index contributed by atoms with van der Waals surface area (Å²) in [6.45, 7) is 0. The molecule has 1 aromatic rings. The van der Waals surface area contributed by atoms with E-state index in [-0.39, 0.29) is 24.4 Å². The Kier molecular flexibility index (Phi) is 3.41. The molecule has 0 aliphatic heterocycles. The number of nitrogens with one attached hydrogen (secondary N) is 1. The molecule has 0 bridgehead atoms. The standard InChI is InChI=1S/C12H13BF5NO2S/c13-6-11(20)8-3-9(19-12(21)7-1-2-7)5-10(4-8)22(14,15,16,17)18/h3-5,7H,1-2,6,13H2,(H,19,21). The van der Waals surface area contributed by atoms with E-state index in [4.69, 9.17) is 0 Å². The molecular weight excluding hydrogens is 328 g/mol. The summed E-state index contributed by atoms with van der Waals surface area (Å²) in [6.07, 6.45) is 1.07. The van der Waals surface area contributed by atoms with Gasteiger partial charge in [0.25, 0.3) is 0 Å². The van der Waals surface area contributed by atoms with Crippen molar-refractivity contribution < 1.29 is 29.0 Å². The van der Waals surface area contributed by atoms with Crippen LogP contribution in [0.15, 0.2) is 23.1 Å². The second kappa shape index (κ2) is 4.47. The average Bonchev–Trinajstić information content (AvgIpc) is 3.18. The smallest absolute Gasteiger partial charge is 0.310 e. The Balaban J connectivity index is 2.50. The number of halogens is 5. The van der Waals surface area contributed by atoms with Crippen molar-refractivity contribution in [3.8, 4) is 0 Å². The van der Waals surface area contributed by atoms with Gasteiger partial charge in [-0.15, -0.1) is 0 Å². The Morgan fingerprint density at radius 3 is 2.18 bits per heavy atom. The Labute approximate surface area is 124 Å². The van der Waals surface area contributed by atoms with Gasteiger partial charge in [-0.1, -0.05) is 19.4 Å². The lowest BCUT2D eigenvalue weighted by Gasteiger charge is -2.40. The monoisotopic (exact) mass is 341 g/mol. The topological polar surface area (TPSA) is 46.2 Å². The van der Waals surface area contributed by atoms with Gasteiger partial charge in [0.15, 0.2) is 5.78 Å². The summed E-state index contributed by atoms with van der Waals surface area (Å²) in [6, 6.07) is 1.30. The van der Waals surface area contributed by atoms with Crippen LogP contribution >= 0.6 is 10.2 Å². The molecule has 0 radical (unpaired) electrons. The van der Waals surface area contributed by atoms with Gasteiger partial charge in [0.1, 0.15) is 12.7 Å². The zero-order chi connectivity index (χ0) is 16.8. The molecule has 1 saturated carbocycles. The largest absolute Gasteiger partial charge is 0.326 e. The fourth-order valence-electron chi connectivity index (χ4n) is 1.85. The lowest BCUT2D eigenvalue weighted by atomic mass is 9.96. The summed E-state index contributed by atoms with van der Waals surface area (Å²) in [4.78, 5) is 21.0. The number of hydrogen-bond acceptors (Lipinski definition) is 2. The van der Waals surface area contributed by atoms with Crippen LogP contribution in [0.25, 0.3) is 0 Å². The van der Waals surface area contributed by atoms with Gasteiger partial charge in [0, 0.05) is 17.2 Å². The van der Waals surface area contributed by atoms with Crippen LogP contribution in [0.4, 0.5) is 25.1 Å². The lowest BCUT2D eigenvalue weighted by Crippen LogP contribution is -2.15. The van der Waals surface area contributed by atoms with Gasteiger partial charge in [-0.2, -0.15) is 0 Å².